The molecule has 1 aromatic carbocycles. The molecule has 0 aliphatic rings. The third kappa shape index (κ3) is 1.85. The van der Waals surface area contributed by atoms with Crippen LogP contribution in [0, 0.1) is 4.91 Å². The number of fused-ring (bicyclic) bond motifs is 1. The monoisotopic (exact) mass is 217 g/mol. The molecular weight excluding hydrogens is 206 g/mol. The Morgan fingerprint density at radius 1 is 1.38 bits per heavy atom. The summed E-state index contributed by atoms with van der Waals surface area (Å²) >= 11 is 0. The zero-order valence-corrected chi connectivity index (χ0v) is 8.55. The summed E-state index contributed by atoms with van der Waals surface area (Å²) in [4.78, 5) is 14.8. The normalized spacial score (nSPS) is 10.3. The summed E-state index contributed by atoms with van der Waals surface area (Å²) in [6.45, 7) is 0.367. The lowest BCUT2D eigenvalue weighted by Crippen LogP contribution is -2.06. The Labute approximate surface area is 92.1 Å². The standard InChI is InChI=1S/C11H11N3O2/c15-6-5-12-11-8-3-1-2-4-9(8)13-7-10(11)14-16/h1-4,7,15H,5-6H2,(H,12,13). The van der Waals surface area contributed by atoms with Gasteiger partial charge in [0.2, 0.25) is 0 Å². The van der Waals surface area contributed by atoms with Crippen molar-refractivity contribution in [3.63, 3.8) is 0 Å². The maximum absolute atomic E-state index is 10.6. The highest BCUT2D eigenvalue weighted by Crippen LogP contribution is 2.31. The number of nitroso groups, excluding NO2 is 1. The highest BCUT2D eigenvalue weighted by atomic mass is 16.3. The quantitative estimate of drug-likeness (QED) is 0.768. The number of hydrogen-bond acceptors (Lipinski definition) is 5. The molecule has 0 saturated heterocycles. The number of aliphatic hydroxyl groups excluding tert-OH is 1. The van der Waals surface area contributed by atoms with Crippen LogP contribution in [0.4, 0.5) is 11.4 Å². The zero-order chi connectivity index (χ0) is 11.4. The van der Waals surface area contributed by atoms with Gasteiger partial charge in [0.25, 0.3) is 0 Å². The fraction of sp³-hybridized carbons (Fsp3) is 0.182. The Bertz CT molecular complexity index is 514. The van der Waals surface area contributed by atoms with Crippen LogP contribution >= 0.6 is 0 Å². The second-order valence-electron chi connectivity index (χ2n) is 3.28. The Morgan fingerprint density at radius 2 is 2.19 bits per heavy atom. The van der Waals surface area contributed by atoms with Gasteiger partial charge < -0.3 is 10.4 Å². The molecule has 5 nitrogen and oxygen atoms in total. The number of hydrogen-bond donors (Lipinski definition) is 2. The van der Waals surface area contributed by atoms with Gasteiger partial charge >= 0.3 is 0 Å². The average molecular weight is 217 g/mol. The molecule has 2 N–H and O–H groups in total. The Morgan fingerprint density at radius 3 is 2.94 bits per heavy atom. The van der Waals surface area contributed by atoms with Crippen LogP contribution in [0.2, 0.25) is 0 Å². The number of nitrogens with one attached hydrogen (secondary N) is 1. The molecule has 5 heteroatoms. The molecule has 2 rings (SSSR count). The van der Waals surface area contributed by atoms with E-state index in [-0.39, 0.29) is 12.3 Å². The second-order valence-corrected chi connectivity index (χ2v) is 3.28. The van der Waals surface area contributed by atoms with E-state index in [1.54, 1.807) is 0 Å². The Kier molecular flexibility index (Phi) is 3.07. The third-order valence-electron chi connectivity index (χ3n) is 2.27. The van der Waals surface area contributed by atoms with Crippen molar-refractivity contribution in [2.75, 3.05) is 18.5 Å². The zero-order valence-electron chi connectivity index (χ0n) is 8.55. The molecular formula is C11H11N3O2. The first-order chi connectivity index (χ1) is 7.86. The van der Waals surface area contributed by atoms with Crippen molar-refractivity contribution >= 4 is 22.3 Å². The number of nitrogens with zero attached hydrogens (tertiary/aromatic N) is 2. The summed E-state index contributed by atoms with van der Waals surface area (Å²) < 4.78 is 0. The molecule has 82 valence electrons. The highest BCUT2D eigenvalue weighted by molar-refractivity contribution is 5.96. The second kappa shape index (κ2) is 4.67. The number of rotatable bonds is 4. The number of aromatic nitrogens is 1. The minimum Gasteiger partial charge on any atom is -0.395 e. The maximum Gasteiger partial charge on any atom is 0.149 e. The van der Waals surface area contributed by atoms with Gasteiger partial charge in [-0.3, -0.25) is 4.98 Å². The van der Waals surface area contributed by atoms with Crippen LogP contribution in [0.15, 0.2) is 35.6 Å². The lowest BCUT2D eigenvalue weighted by molar-refractivity contribution is 0.311. The van der Waals surface area contributed by atoms with Crippen LogP contribution in [0.25, 0.3) is 10.9 Å². The summed E-state index contributed by atoms with van der Waals surface area (Å²) in [5, 5.41) is 15.5. The first-order valence-corrected chi connectivity index (χ1v) is 4.92. The molecule has 0 unspecified atom stereocenters. The summed E-state index contributed by atoms with van der Waals surface area (Å²) in [5.41, 5.74) is 1.66. The van der Waals surface area contributed by atoms with Crippen molar-refractivity contribution in [3.05, 3.63) is 35.4 Å². The molecule has 1 heterocycles. The van der Waals surface area contributed by atoms with E-state index >= 15 is 0 Å². The van der Waals surface area contributed by atoms with Crippen LogP contribution in [0.5, 0.6) is 0 Å². The molecule has 0 atom stereocenters. The fourth-order valence-electron chi connectivity index (χ4n) is 1.57. The predicted octanol–water partition coefficient (Wildman–Crippen LogP) is 2.04. The van der Waals surface area contributed by atoms with Gasteiger partial charge in [0.1, 0.15) is 5.69 Å². The van der Waals surface area contributed by atoms with E-state index in [0.29, 0.717) is 12.2 Å². The van der Waals surface area contributed by atoms with Crippen molar-refractivity contribution < 1.29 is 5.11 Å². The molecule has 0 aliphatic carbocycles. The minimum atomic E-state index is -0.00501. The van der Waals surface area contributed by atoms with E-state index in [0.717, 1.165) is 10.9 Å². The van der Waals surface area contributed by atoms with E-state index in [1.165, 1.54) is 6.20 Å². The van der Waals surface area contributed by atoms with E-state index in [4.69, 9.17) is 5.11 Å². The summed E-state index contributed by atoms with van der Waals surface area (Å²) in [7, 11) is 0. The van der Waals surface area contributed by atoms with E-state index in [1.807, 2.05) is 24.3 Å². The topological polar surface area (TPSA) is 74.6 Å². The molecule has 1 aromatic heterocycles. The minimum absolute atomic E-state index is 0.00501. The summed E-state index contributed by atoms with van der Waals surface area (Å²) in [5.74, 6) is 0. The van der Waals surface area contributed by atoms with Crippen molar-refractivity contribution in [2.24, 2.45) is 5.18 Å². The average Bonchev–Trinajstić information content (AvgIpc) is 2.35. The Hall–Kier alpha value is -2.01. The SMILES string of the molecule is O=Nc1cnc2ccccc2c1NCCO. The van der Waals surface area contributed by atoms with E-state index in [9.17, 15) is 4.91 Å². The largest absolute Gasteiger partial charge is 0.395 e. The number of pyridine rings is 1. The summed E-state index contributed by atoms with van der Waals surface area (Å²) in [6.07, 6.45) is 1.43. The third-order valence-corrected chi connectivity index (χ3v) is 2.27. The molecule has 0 aliphatic heterocycles. The highest BCUT2D eigenvalue weighted by Gasteiger charge is 2.08. The lowest BCUT2D eigenvalue weighted by Gasteiger charge is -2.09. The lowest BCUT2D eigenvalue weighted by atomic mass is 10.1. The molecule has 0 saturated carbocycles. The van der Waals surface area contributed by atoms with Crippen molar-refractivity contribution in [2.45, 2.75) is 0 Å². The van der Waals surface area contributed by atoms with Gasteiger partial charge in [-0.15, -0.1) is 4.91 Å². The van der Waals surface area contributed by atoms with Crippen LogP contribution in [-0.2, 0) is 0 Å². The summed E-state index contributed by atoms with van der Waals surface area (Å²) in [6, 6.07) is 7.45. The van der Waals surface area contributed by atoms with Crippen LogP contribution in [0.1, 0.15) is 0 Å². The molecule has 0 bridgehead atoms. The number of anilines is 1. The van der Waals surface area contributed by atoms with Crippen molar-refractivity contribution in [1.29, 1.82) is 0 Å². The van der Waals surface area contributed by atoms with Gasteiger partial charge in [-0.2, -0.15) is 0 Å². The van der Waals surface area contributed by atoms with Crippen LogP contribution in [-0.4, -0.2) is 23.2 Å². The van der Waals surface area contributed by atoms with Crippen molar-refractivity contribution in [3.8, 4) is 0 Å². The first kappa shape index (κ1) is 10.5. The number of benzene rings is 1. The van der Waals surface area contributed by atoms with Gasteiger partial charge in [0.15, 0.2) is 0 Å². The number of para-hydroxylation sites is 1. The maximum atomic E-state index is 10.6. The van der Waals surface area contributed by atoms with E-state index in [2.05, 4.69) is 15.5 Å². The Balaban J connectivity index is 2.58. The smallest absolute Gasteiger partial charge is 0.149 e. The molecule has 0 amide bonds. The predicted molar refractivity (Wildman–Crippen MR) is 62.8 cm³/mol. The molecule has 0 fully saturated rings. The first-order valence-electron chi connectivity index (χ1n) is 4.92. The molecule has 2 aromatic rings. The van der Waals surface area contributed by atoms with Crippen molar-refractivity contribution in [1.82, 2.24) is 4.98 Å². The fourth-order valence-corrected chi connectivity index (χ4v) is 1.57. The van der Waals surface area contributed by atoms with E-state index < -0.39 is 0 Å². The van der Waals surface area contributed by atoms with Gasteiger partial charge in [0.05, 0.1) is 24.0 Å². The number of aliphatic hydroxyl groups is 1. The molecule has 0 spiro atoms. The molecule has 0 radical (unpaired) electrons. The van der Waals surface area contributed by atoms with Crippen LogP contribution in [0.3, 0.4) is 0 Å². The van der Waals surface area contributed by atoms with Gasteiger partial charge in [-0.25, -0.2) is 0 Å². The van der Waals surface area contributed by atoms with Gasteiger partial charge in [0, 0.05) is 11.9 Å². The van der Waals surface area contributed by atoms with Gasteiger partial charge in [-0.1, -0.05) is 18.2 Å². The van der Waals surface area contributed by atoms with Gasteiger partial charge in [-0.05, 0) is 11.2 Å². The van der Waals surface area contributed by atoms with Crippen LogP contribution < -0.4 is 5.32 Å². The molecule has 16 heavy (non-hydrogen) atoms.